The first kappa shape index (κ1) is 22.2. The van der Waals surface area contributed by atoms with Gasteiger partial charge in [-0.3, -0.25) is 24.1 Å². The molecule has 0 bridgehead atoms. The molecule has 2 aromatic carbocycles. The molecule has 1 atom stereocenters. The van der Waals surface area contributed by atoms with Gasteiger partial charge in [-0.1, -0.05) is 42.5 Å². The summed E-state index contributed by atoms with van der Waals surface area (Å²) in [6, 6.07) is 16.6. The minimum atomic E-state index is -0.538. The Kier molecular flexibility index (Phi) is 7.54. The molecule has 0 spiro atoms. The fourth-order valence-corrected chi connectivity index (χ4v) is 3.46. The zero-order valence-corrected chi connectivity index (χ0v) is 17.5. The highest BCUT2D eigenvalue weighted by Crippen LogP contribution is 2.22. The van der Waals surface area contributed by atoms with Gasteiger partial charge in [0.2, 0.25) is 0 Å². The first-order chi connectivity index (χ1) is 15.0. The van der Waals surface area contributed by atoms with Crippen molar-refractivity contribution in [3.05, 3.63) is 71.3 Å². The van der Waals surface area contributed by atoms with Crippen molar-refractivity contribution in [1.82, 2.24) is 10.2 Å². The summed E-state index contributed by atoms with van der Waals surface area (Å²) in [6.45, 7) is 1.69. The van der Waals surface area contributed by atoms with Gasteiger partial charge in [-0.05, 0) is 43.9 Å². The molecule has 3 rings (SSSR count). The van der Waals surface area contributed by atoms with Crippen LogP contribution in [0.4, 0.5) is 0 Å². The second-order valence-corrected chi connectivity index (χ2v) is 7.56. The maximum absolute atomic E-state index is 12.3. The van der Waals surface area contributed by atoms with E-state index in [0.717, 1.165) is 17.7 Å². The summed E-state index contributed by atoms with van der Waals surface area (Å²) >= 11 is 0. The van der Waals surface area contributed by atoms with Crippen molar-refractivity contribution >= 4 is 23.7 Å². The van der Waals surface area contributed by atoms with Crippen LogP contribution in [0.2, 0.25) is 0 Å². The Balaban J connectivity index is 1.32. The number of imide groups is 1. The van der Waals surface area contributed by atoms with Crippen LogP contribution in [0, 0.1) is 0 Å². The third kappa shape index (κ3) is 6.01. The van der Waals surface area contributed by atoms with Gasteiger partial charge in [0.1, 0.15) is 0 Å². The third-order valence-electron chi connectivity index (χ3n) is 5.12. The smallest absolute Gasteiger partial charge is 0.306 e. The molecule has 0 fully saturated rings. The molecule has 0 aromatic heterocycles. The highest BCUT2D eigenvalue weighted by atomic mass is 16.5. The van der Waals surface area contributed by atoms with E-state index in [0.29, 0.717) is 11.1 Å². The molecular weight excluding hydrogens is 396 g/mol. The second-order valence-electron chi connectivity index (χ2n) is 7.56. The largest absolute Gasteiger partial charge is 0.456 e. The highest BCUT2D eigenvalue weighted by molar-refractivity contribution is 6.21. The van der Waals surface area contributed by atoms with Crippen LogP contribution in [0.25, 0.3) is 0 Å². The predicted octanol–water partition coefficient (Wildman–Crippen LogP) is 2.74. The van der Waals surface area contributed by atoms with Gasteiger partial charge in [-0.15, -0.1) is 0 Å². The van der Waals surface area contributed by atoms with Gasteiger partial charge in [0.05, 0.1) is 11.1 Å². The fraction of sp³-hybridized carbons (Fsp3) is 0.333. The van der Waals surface area contributed by atoms with Crippen molar-refractivity contribution in [2.45, 2.75) is 38.6 Å². The average Bonchev–Trinajstić information content (AvgIpc) is 3.02. The van der Waals surface area contributed by atoms with Crippen molar-refractivity contribution in [3.63, 3.8) is 0 Å². The Morgan fingerprint density at radius 2 is 1.58 bits per heavy atom. The van der Waals surface area contributed by atoms with Gasteiger partial charge < -0.3 is 10.1 Å². The van der Waals surface area contributed by atoms with Crippen LogP contribution in [0.1, 0.15) is 52.5 Å². The summed E-state index contributed by atoms with van der Waals surface area (Å²) in [7, 11) is 0. The van der Waals surface area contributed by atoms with Gasteiger partial charge in [0, 0.05) is 19.0 Å². The fourth-order valence-electron chi connectivity index (χ4n) is 3.46. The zero-order valence-electron chi connectivity index (χ0n) is 17.5. The minimum absolute atomic E-state index is 0.0181. The van der Waals surface area contributed by atoms with Crippen molar-refractivity contribution in [3.8, 4) is 0 Å². The standard InChI is InChI=1S/C24H26N2O5/c1-17(13-14-18-8-3-2-4-9-18)25-21(27)16-31-22(28)12-7-15-26-23(29)19-10-5-6-11-20(19)24(26)30/h2-6,8-11,17H,7,12-16H2,1H3,(H,25,27). The Morgan fingerprint density at radius 3 is 2.23 bits per heavy atom. The quantitative estimate of drug-likeness (QED) is 0.469. The van der Waals surface area contributed by atoms with E-state index in [1.165, 1.54) is 5.56 Å². The van der Waals surface area contributed by atoms with E-state index in [-0.39, 0.29) is 49.8 Å². The lowest BCUT2D eigenvalue weighted by molar-refractivity contribution is -0.148. The maximum Gasteiger partial charge on any atom is 0.306 e. The molecule has 0 radical (unpaired) electrons. The van der Waals surface area contributed by atoms with Crippen LogP contribution in [0.5, 0.6) is 0 Å². The SMILES string of the molecule is CC(CCc1ccccc1)NC(=O)COC(=O)CCCN1C(=O)c2ccccc2C1=O. The number of rotatable bonds is 10. The summed E-state index contributed by atoms with van der Waals surface area (Å²) in [5.74, 6) is -1.59. The van der Waals surface area contributed by atoms with Gasteiger partial charge in [0.15, 0.2) is 6.61 Å². The van der Waals surface area contributed by atoms with Crippen LogP contribution >= 0.6 is 0 Å². The Morgan fingerprint density at radius 1 is 0.968 bits per heavy atom. The lowest BCUT2D eigenvalue weighted by atomic mass is 10.1. The number of fused-ring (bicyclic) bond motifs is 1. The first-order valence-electron chi connectivity index (χ1n) is 10.4. The number of benzene rings is 2. The van der Waals surface area contributed by atoms with Gasteiger partial charge in [-0.25, -0.2) is 0 Å². The Labute approximate surface area is 181 Å². The van der Waals surface area contributed by atoms with Crippen molar-refractivity contribution < 1.29 is 23.9 Å². The van der Waals surface area contributed by atoms with E-state index >= 15 is 0 Å². The molecule has 2 aromatic rings. The third-order valence-corrected chi connectivity index (χ3v) is 5.12. The number of nitrogens with one attached hydrogen (secondary N) is 1. The molecule has 1 unspecified atom stereocenters. The molecule has 31 heavy (non-hydrogen) atoms. The van der Waals surface area contributed by atoms with Crippen LogP contribution < -0.4 is 5.32 Å². The average molecular weight is 422 g/mol. The van der Waals surface area contributed by atoms with Crippen molar-refractivity contribution in [2.24, 2.45) is 0 Å². The molecule has 0 saturated carbocycles. The monoisotopic (exact) mass is 422 g/mol. The molecule has 0 saturated heterocycles. The second kappa shape index (κ2) is 10.5. The van der Waals surface area contributed by atoms with Crippen molar-refractivity contribution in [2.75, 3.05) is 13.2 Å². The minimum Gasteiger partial charge on any atom is -0.456 e. The van der Waals surface area contributed by atoms with Crippen LogP contribution in [-0.4, -0.2) is 47.8 Å². The number of carbonyl (C=O) groups is 4. The number of esters is 1. The molecule has 1 heterocycles. The van der Waals surface area contributed by atoms with E-state index in [9.17, 15) is 19.2 Å². The molecule has 1 aliphatic rings. The molecule has 7 heteroatoms. The van der Waals surface area contributed by atoms with Gasteiger partial charge >= 0.3 is 5.97 Å². The highest BCUT2D eigenvalue weighted by Gasteiger charge is 2.34. The lowest BCUT2D eigenvalue weighted by Gasteiger charge is -2.15. The number of ether oxygens (including phenoxy) is 1. The number of hydrogen-bond acceptors (Lipinski definition) is 5. The molecule has 3 amide bonds. The van der Waals surface area contributed by atoms with Gasteiger partial charge in [-0.2, -0.15) is 0 Å². The van der Waals surface area contributed by atoms with Gasteiger partial charge in [0.25, 0.3) is 17.7 Å². The number of aryl methyl sites for hydroxylation is 1. The number of hydrogen-bond donors (Lipinski definition) is 1. The lowest BCUT2D eigenvalue weighted by Crippen LogP contribution is -2.36. The summed E-state index contributed by atoms with van der Waals surface area (Å²) < 4.78 is 5.01. The summed E-state index contributed by atoms with van der Waals surface area (Å²) in [4.78, 5) is 49.6. The Hall–Kier alpha value is -3.48. The normalized spacial score (nSPS) is 13.6. The summed E-state index contributed by atoms with van der Waals surface area (Å²) in [6.07, 6.45) is 1.92. The first-order valence-corrected chi connectivity index (χ1v) is 10.4. The number of amides is 3. The molecular formula is C24H26N2O5. The summed E-state index contributed by atoms with van der Waals surface area (Å²) in [5.41, 5.74) is 1.97. The molecule has 162 valence electrons. The number of nitrogens with zero attached hydrogens (tertiary/aromatic N) is 1. The maximum atomic E-state index is 12.3. The van der Waals surface area contributed by atoms with Crippen LogP contribution in [0.3, 0.4) is 0 Å². The molecule has 1 N–H and O–H groups in total. The van der Waals surface area contributed by atoms with Crippen molar-refractivity contribution in [1.29, 1.82) is 0 Å². The van der Waals surface area contributed by atoms with E-state index in [1.807, 2.05) is 37.3 Å². The predicted molar refractivity (Wildman–Crippen MR) is 114 cm³/mol. The molecule has 1 aliphatic heterocycles. The molecule has 0 aliphatic carbocycles. The topological polar surface area (TPSA) is 92.8 Å². The van der Waals surface area contributed by atoms with E-state index < -0.39 is 5.97 Å². The van der Waals surface area contributed by atoms with Crippen LogP contribution in [-0.2, 0) is 20.7 Å². The molecule has 7 nitrogen and oxygen atoms in total. The zero-order chi connectivity index (χ0) is 22.2. The number of carbonyl (C=O) groups excluding carboxylic acids is 4. The van der Waals surface area contributed by atoms with E-state index in [2.05, 4.69) is 5.32 Å². The Bertz CT molecular complexity index is 922. The van der Waals surface area contributed by atoms with Crippen LogP contribution in [0.15, 0.2) is 54.6 Å². The van der Waals surface area contributed by atoms with E-state index in [1.54, 1.807) is 24.3 Å². The van der Waals surface area contributed by atoms with E-state index in [4.69, 9.17) is 4.74 Å². The summed E-state index contributed by atoms with van der Waals surface area (Å²) in [5, 5.41) is 2.81.